The van der Waals surface area contributed by atoms with Crippen molar-refractivity contribution in [1.29, 1.82) is 0 Å². The van der Waals surface area contributed by atoms with Crippen LogP contribution in [-0.2, 0) is 14.3 Å². The number of amides is 1. The maximum absolute atomic E-state index is 13.1. The quantitative estimate of drug-likeness (QED) is 0.240. The third-order valence-corrected chi connectivity index (χ3v) is 5.20. The Morgan fingerprint density at radius 3 is 2.52 bits per heavy atom. The van der Waals surface area contributed by atoms with Crippen LogP contribution in [0.5, 0.6) is 11.5 Å². The Balaban J connectivity index is 2.10. The van der Waals surface area contributed by atoms with E-state index in [-0.39, 0.29) is 24.5 Å². The van der Waals surface area contributed by atoms with Crippen molar-refractivity contribution in [3.8, 4) is 11.5 Å². The first-order valence-electron chi connectivity index (χ1n) is 10.9. The van der Waals surface area contributed by atoms with Gasteiger partial charge >= 0.3 is 0 Å². The Labute approximate surface area is 193 Å². The summed E-state index contributed by atoms with van der Waals surface area (Å²) in [4.78, 5) is 27.4. The SMILES string of the molecule is C=CCOc1cccc(C2/C(=C(/O)c3cccc(OCCC)c3)C(=O)C(=O)N2CCOC)c1. The van der Waals surface area contributed by atoms with Gasteiger partial charge < -0.3 is 24.2 Å². The van der Waals surface area contributed by atoms with Crippen molar-refractivity contribution in [2.45, 2.75) is 19.4 Å². The molecule has 0 bridgehead atoms. The maximum atomic E-state index is 13.1. The van der Waals surface area contributed by atoms with Crippen LogP contribution in [0.3, 0.4) is 0 Å². The van der Waals surface area contributed by atoms with Gasteiger partial charge in [-0.3, -0.25) is 9.59 Å². The standard InChI is InChI=1S/C26H29NO6/c1-4-13-32-20-10-6-8-18(16-20)23-22(25(29)26(30)27(23)12-15-31-3)24(28)19-9-7-11-21(17-19)33-14-5-2/h4,6-11,16-17,23,28H,1,5,12-15H2,2-3H3/b24-22-. The average Bonchev–Trinajstić information content (AvgIpc) is 3.09. The van der Waals surface area contributed by atoms with E-state index in [1.807, 2.05) is 6.92 Å². The van der Waals surface area contributed by atoms with Gasteiger partial charge in [0.25, 0.3) is 11.7 Å². The van der Waals surface area contributed by atoms with Gasteiger partial charge in [0.2, 0.25) is 0 Å². The molecule has 0 saturated carbocycles. The molecule has 0 radical (unpaired) electrons. The van der Waals surface area contributed by atoms with Gasteiger partial charge in [0.05, 0.1) is 24.8 Å². The molecular weight excluding hydrogens is 422 g/mol. The minimum absolute atomic E-state index is 0.0182. The van der Waals surface area contributed by atoms with E-state index in [4.69, 9.17) is 14.2 Å². The second-order valence-corrected chi connectivity index (χ2v) is 7.53. The molecule has 0 spiro atoms. The zero-order valence-corrected chi connectivity index (χ0v) is 19.0. The lowest BCUT2D eigenvalue weighted by molar-refractivity contribution is -0.140. The van der Waals surface area contributed by atoms with Crippen LogP contribution in [-0.4, -0.2) is 55.2 Å². The highest BCUT2D eigenvalue weighted by Gasteiger charge is 2.46. The van der Waals surface area contributed by atoms with Gasteiger partial charge in [-0.2, -0.15) is 0 Å². The second-order valence-electron chi connectivity index (χ2n) is 7.53. The fourth-order valence-corrected chi connectivity index (χ4v) is 3.68. The molecule has 1 aliphatic heterocycles. The Hall–Kier alpha value is -3.58. The van der Waals surface area contributed by atoms with Crippen LogP contribution >= 0.6 is 0 Å². The number of carbonyl (C=O) groups excluding carboxylic acids is 2. The van der Waals surface area contributed by atoms with E-state index >= 15 is 0 Å². The molecule has 2 aromatic rings. The number of aliphatic hydroxyl groups excluding tert-OH is 1. The van der Waals surface area contributed by atoms with Gasteiger partial charge in [0.15, 0.2) is 0 Å². The smallest absolute Gasteiger partial charge is 0.295 e. The number of hydrogen-bond donors (Lipinski definition) is 1. The Morgan fingerprint density at radius 1 is 1.09 bits per heavy atom. The fraction of sp³-hybridized carbons (Fsp3) is 0.308. The van der Waals surface area contributed by atoms with Crippen molar-refractivity contribution in [3.63, 3.8) is 0 Å². The number of likely N-dealkylation sites (tertiary alicyclic amines) is 1. The number of ketones is 1. The molecule has 1 N–H and O–H groups in total. The van der Waals surface area contributed by atoms with Crippen molar-refractivity contribution >= 4 is 17.4 Å². The van der Waals surface area contributed by atoms with E-state index in [0.29, 0.717) is 35.8 Å². The normalized spacial score (nSPS) is 17.3. The van der Waals surface area contributed by atoms with Crippen LogP contribution in [0.15, 0.2) is 66.8 Å². The molecule has 1 fully saturated rings. The molecular formula is C26H29NO6. The summed E-state index contributed by atoms with van der Waals surface area (Å²) in [5.41, 5.74) is 1.06. The molecule has 3 rings (SSSR count). The Morgan fingerprint density at radius 2 is 1.82 bits per heavy atom. The summed E-state index contributed by atoms with van der Waals surface area (Å²) in [5, 5.41) is 11.2. The van der Waals surface area contributed by atoms with Crippen molar-refractivity contribution < 1.29 is 28.9 Å². The highest BCUT2D eigenvalue weighted by Crippen LogP contribution is 2.40. The molecule has 1 saturated heterocycles. The number of ether oxygens (including phenoxy) is 3. The topological polar surface area (TPSA) is 85.3 Å². The number of nitrogens with zero attached hydrogens (tertiary/aromatic N) is 1. The first kappa shape index (κ1) is 24.1. The van der Waals surface area contributed by atoms with Crippen LogP contribution in [0, 0.1) is 0 Å². The van der Waals surface area contributed by atoms with Crippen LogP contribution in [0.25, 0.3) is 5.76 Å². The van der Waals surface area contributed by atoms with Gasteiger partial charge in [-0.25, -0.2) is 0 Å². The summed E-state index contributed by atoms with van der Waals surface area (Å²) in [6.45, 7) is 6.94. The third-order valence-electron chi connectivity index (χ3n) is 5.20. The van der Waals surface area contributed by atoms with Crippen LogP contribution in [0.4, 0.5) is 0 Å². The molecule has 1 amide bonds. The van der Waals surface area contributed by atoms with Crippen molar-refractivity contribution in [2.75, 3.05) is 33.5 Å². The van der Waals surface area contributed by atoms with Gasteiger partial charge in [-0.05, 0) is 36.2 Å². The minimum atomic E-state index is -0.785. The maximum Gasteiger partial charge on any atom is 0.295 e. The van der Waals surface area contributed by atoms with Gasteiger partial charge in [-0.15, -0.1) is 0 Å². The van der Waals surface area contributed by atoms with Crippen molar-refractivity contribution in [1.82, 2.24) is 4.90 Å². The van der Waals surface area contributed by atoms with Crippen LogP contribution < -0.4 is 9.47 Å². The molecule has 174 valence electrons. The third kappa shape index (κ3) is 5.43. The number of benzene rings is 2. The number of hydrogen-bond acceptors (Lipinski definition) is 6. The highest BCUT2D eigenvalue weighted by atomic mass is 16.5. The van der Waals surface area contributed by atoms with E-state index in [0.717, 1.165) is 6.42 Å². The number of carbonyl (C=O) groups is 2. The molecule has 7 nitrogen and oxygen atoms in total. The number of Topliss-reactive ketones (excluding diaryl/α,β-unsaturated/α-hetero) is 1. The second kappa shape index (κ2) is 11.3. The van der Waals surface area contributed by atoms with Gasteiger partial charge in [0.1, 0.15) is 23.9 Å². The Kier molecular flexibility index (Phi) is 8.27. The summed E-state index contributed by atoms with van der Waals surface area (Å²) in [7, 11) is 1.52. The van der Waals surface area contributed by atoms with E-state index in [2.05, 4.69) is 6.58 Å². The van der Waals surface area contributed by atoms with Gasteiger partial charge in [0, 0.05) is 19.2 Å². The number of aliphatic hydroxyl groups is 1. The number of rotatable bonds is 11. The van der Waals surface area contributed by atoms with E-state index in [9.17, 15) is 14.7 Å². The van der Waals surface area contributed by atoms with Crippen molar-refractivity contribution in [3.05, 3.63) is 77.9 Å². The zero-order valence-electron chi connectivity index (χ0n) is 19.0. The number of methoxy groups -OCH3 is 1. The monoisotopic (exact) mass is 451 g/mol. The average molecular weight is 452 g/mol. The lowest BCUT2D eigenvalue weighted by atomic mass is 9.95. The summed E-state index contributed by atoms with van der Waals surface area (Å²) in [6.07, 6.45) is 2.47. The molecule has 1 aliphatic rings. The first-order valence-corrected chi connectivity index (χ1v) is 10.9. The Bertz CT molecular complexity index is 1040. The van der Waals surface area contributed by atoms with E-state index < -0.39 is 17.7 Å². The molecule has 1 atom stereocenters. The molecule has 1 unspecified atom stereocenters. The van der Waals surface area contributed by atoms with E-state index in [1.54, 1.807) is 54.6 Å². The summed E-state index contributed by atoms with van der Waals surface area (Å²) in [5.74, 6) is -0.538. The van der Waals surface area contributed by atoms with Crippen LogP contribution in [0.2, 0.25) is 0 Å². The zero-order chi connectivity index (χ0) is 23.8. The fourth-order valence-electron chi connectivity index (χ4n) is 3.68. The largest absolute Gasteiger partial charge is 0.507 e. The molecule has 2 aromatic carbocycles. The lowest BCUT2D eigenvalue weighted by Gasteiger charge is -2.25. The summed E-state index contributed by atoms with van der Waals surface area (Å²) < 4.78 is 16.4. The highest BCUT2D eigenvalue weighted by molar-refractivity contribution is 6.46. The molecule has 1 heterocycles. The molecule has 0 aromatic heterocycles. The molecule has 33 heavy (non-hydrogen) atoms. The summed E-state index contributed by atoms with van der Waals surface area (Å²) >= 11 is 0. The first-order chi connectivity index (χ1) is 16.0. The minimum Gasteiger partial charge on any atom is -0.507 e. The summed E-state index contributed by atoms with van der Waals surface area (Å²) in [6, 6.07) is 13.2. The van der Waals surface area contributed by atoms with E-state index in [1.165, 1.54) is 12.0 Å². The van der Waals surface area contributed by atoms with Crippen LogP contribution in [0.1, 0.15) is 30.5 Å². The molecule has 7 heteroatoms. The predicted octanol–water partition coefficient (Wildman–Crippen LogP) is 4.11. The van der Waals surface area contributed by atoms with Gasteiger partial charge in [-0.1, -0.05) is 43.8 Å². The van der Waals surface area contributed by atoms with Crippen molar-refractivity contribution in [2.24, 2.45) is 0 Å². The predicted molar refractivity (Wildman–Crippen MR) is 125 cm³/mol. The molecule has 0 aliphatic carbocycles. The lowest BCUT2D eigenvalue weighted by Crippen LogP contribution is -2.32.